The van der Waals surface area contributed by atoms with Gasteiger partial charge in [-0.25, -0.2) is 4.39 Å². The fourth-order valence-corrected chi connectivity index (χ4v) is 1.80. The lowest BCUT2D eigenvalue weighted by Gasteiger charge is -2.09. The van der Waals surface area contributed by atoms with Crippen molar-refractivity contribution in [3.63, 3.8) is 0 Å². The molecule has 0 fully saturated rings. The van der Waals surface area contributed by atoms with Gasteiger partial charge in [0.1, 0.15) is 18.2 Å². The number of aryl methyl sites for hydroxylation is 2. The molecule has 0 saturated carbocycles. The van der Waals surface area contributed by atoms with Crippen LogP contribution in [-0.2, 0) is 6.61 Å². The first kappa shape index (κ1) is 13.1. The summed E-state index contributed by atoms with van der Waals surface area (Å²) in [5.74, 6) is 0.407. The van der Waals surface area contributed by atoms with Crippen molar-refractivity contribution in [3.8, 4) is 11.8 Å². The number of hydrogen-bond donors (Lipinski definition) is 0. The van der Waals surface area contributed by atoms with Crippen molar-refractivity contribution in [2.75, 3.05) is 0 Å². The summed E-state index contributed by atoms with van der Waals surface area (Å²) in [5.41, 5.74) is 3.23. The van der Waals surface area contributed by atoms with Crippen LogP contribution >= 0.6 is 0 Å². The third kappa shape index (κ3) is 3.11. The van der Waals surface area contributed by atoms with E-state index in [-0.39, 0.29) is 5.82 Å². The van der Waals surface area contributed by atoms with Crippen molar-refractivity contribution in [2.24, 2.45) is 0 Å². The minimum Gasteiger partial charge on any atom is -0.489 e. The van der Waals surface area contributed by atoms with Gasteiger partial charge in [0.25, 0.3) is 0 Å². The standard InChI is InChI=1S/C16H14FNO/c1-11-7-13(9-18)3-4-14(11)10-19-15-5-6-16(17)12(2)8-15/h3-8H,10H2,1-2H3. The summed E-state index contributed by atoms with van der Waals surface area (Å²) in [6.07, 6.45) is 0. The molecule has 0 spiro atoms. The fourth-order valence-electron chi connectivity index (χ4n) is 1.80. The van der Waals surface area contributed by atoms with E-state index in [0.29, 0.717) is 23.5 Å². The maximum atomic E-state index is 13.1. The summed E-state index contributed by atoms with van der Waals surface area (Å²) in [4.78, 5) is 0. The lowest BCUT2D eigenvalue weighted by Crippen LogP contribution is -1.99. The Morgan fingerprint density at radius 1 is 1.11 bits per heavy atom. The fraction of sp³-hybridized carbons (Fsp3) is 0.188. The van der Waals surface area contributed by atoms with Gasteiger partial charge in [0.15, 0.2) is 0 Å². The molecule has 2 aromatic carbocycles. The van der Waals surface area contributed by atoms with E-state index in [0.717, 1.165) is 11.1 Å². The number of halogens is 1. The molecule has 3 heteroatoms. The predicted octanol–water partition coefficient (Wildman–Crippen LogP) is 3.89. The second kappa shape index (κ2) is 5.53. The van der Waals surface area contributed by atoms with Gasteiger partial charge in [-0.15, -0.1) is 0 Å². The summed E-state index contributed by atoms with van der Waals surface area (Å²) >= 11 is 0. The summed E-state index contributed by atoms with van der Waals surface area (Å²) in [6.45, 7) is 4.05. The molecular weight excluding hydrogens is 241 g/mol. The smallest absolute Gasteiger partial charge is 0.126 e. The molecule has 0 saturated heterocycles. The minimum absolute atomic E-state index is 0.234. The Bertz CT molecular complexity index is 644. The Hall–Kier alpha value is -2.34. The Morgan fingerprint density at radius 2 is 1.89 bits per heavy atom. The van der Waals surface area contributed by atoms with Gasteiger partial charge in [0.05, 0.1) is 11.6 Å². The second-order valence-electron chi connectivity index (χ2n) is 4.45. The topological polar surface area (TPSA) is 33.0 Å². The summed E-state index contributed by atoms with van der Waals surface area (Å²) < 4.78 is 18.8. The predicted molar refractivity (Wildman–Crippen MR) is 71.4 cm³/mol. The second-order valence-corrected chi connectivity index (χ2v) is 4.45. The third-order valence-electron chi connectivity index (χ3n) is 3.00. The molecule has 2 nitrogen and oxygen atoms in total. The Labute approximate surface area is 112 Å². The van der Waals surface area contributed by atoms with Gasteiger partial charge >= 0.3 is 0 Å². The van der Waals surface area contributed by atoms with Crippen LogP contribution in [0.2, 0.25) is 0 Å². The Kier molecular flexibility index (Phi) is 3.82. The molecule has 0 atom stereocenters. The van der Waals surface area contributed by atoms with Crippen LogP contribution in [0.5, 0.6) is 5.75 Å². The lowest BCUT2D eigenvalue weighted by atomic mass is 10.1. The van der Waals surface area contributed by atoms with Gasteiger partial charge in [-0.05, 0) is 60.9 Å². The van der Waals surface area contributed by atoms with Crippen LogP contribution in [0.3, 0.4) is 0 Å². The molecule has 0 bridgehead atoms. The Morgan fingerprint density at radius 3 is 2.53 bits per heavy atom. The average Bonchev–Trinajstić information content (AvgIpc) is 2.41. The van der Waals surface area contributed by atoms with Crippen LogP contribution in [0.4, 0.5) is 4.39 Å². The minimum atomic E-state index is -0.234. The highest BCUT2D eigenvalue weighted by atomic mass is 19.1. The first-order chi connectivity index (χ1) is 9.10. The van der Waals surface area contributed by atoms with Crippen LogP contribution < -0.4 is 4.74 Å². The molecule has 0 aliphatic carbocycles. The summed E-state index contributed by atoms with van der Waals surface area (Å²) in [6, 6.07) is 12.3. The quantitative estimate of drug-likeness (QED) is 0.833. The maximum absolute atomic E-state index is 13.1. The van der Waals surface area contributed by atoms with Gasteiger partial charge in [-0.1, -0.05) is 6.07 Å². The van der Waals surface area contributed by atoms with Crippen molar-refractivity contribution in [1.29, 1.82) is 5.26 Å². The molecule has 0 radical (unpaired) electrons. The van der Waals surface area contributed by atoms with Gasteiger partial charge in [0, 0.05) is 0 Å². The van der Waals surface area contributed by atoms with Crippen LogP contribution in [-0.4, -0.2) is 0 Å². The average molecular weight is 255 g/mol. The van der Waals surface area contributed by atoms with Gasteiger partial charge in [-0.2, -0.15) is 5.26 Å². The normalized spacial score (nSPS) is 10.0. The molecule has 0 amide bonds. The monoisotopic (exact) mass is 255 g/mol. The molecule has 0 aliphatic heterocycles. The van der Waals surface area contributed by atoms with Gasteiger partial charge in [0.2, 0.25) is 0 Å². The van der Waals surface area contributed by atoms with E-state index in [2.05, 4.69) is 6.07 Å². The van der Waals surface area contributed by atoms with Crippen molar-refractivity contribution in [3.05, 3.63) is 64.5 Å². The first-order valence-corrected chi connectivity index (χ1v) is 5.99. The molecule has 0 aromatic heterocycles. The highest BCUT2D eigenvalue weighted by Crippen LogP contribution is 2.18. The van der Waals surface area contributed by atoms with Gasteiger partial charge in [-0.3, -0.25) is 0 Å². The number of nitriles is 1. The van der Waals surface area contributed by atoms with E-state index >= 15 is 0 Å². The van der Waals surface area contributed by atoms with Crippen molar-refractivity contribution in [1.82, 2.24) is 0 Å². The van der Waals surface area contributed by atoms with Crippen LogP contribution in [0.15, 0.2) is 36.4 Å². The number of benzene rings is 2. The SMILES string of the molecule is Cc1cc(OCc2ccc(C#N)cc2C)ccc1F. The van der Waals surface area contributed by atoms with Crippen LogP contribution in [0.25, 0.3) is 0 Å². The van der Waals surface area contributed by atoms with E-state index in [1.807, 2.05) is 19.1 Å². The molecular formula is C16H14FNO. The summed E-state index contributed by atoms with van der Waals surface area (Å²) in [5, 5.41) is 8.80. The highest BCUT2D eigenvalue weighted by Gasteiger charge is 2.03. The summed E-state index contributed by atoms with van der Waals surface area (Å²) in [7, 11) is 0. The highest BCUT2D eigenvalue weighted by molar-refractivity contribution is 5.37. The lowest BCUT2D eigenvalue weighted by molar-refractivity contribution is 0.304. The molecule has 0 aliphatic rings. The van der Waals surface area contributed by atoms with Crippen LogP contribution in [0, 0.1) is 31.0 Å². The molecule has 0 heterocycles. The zero-order chi connectivity index (χ0) is 13.8. The molecule has 2 rings (SSSR count). The molecule has 19 heavy (non-hydrogen) atoms. The van der Waals surface area contributed by atoms with E-state index < -0.39 is 0 Å². The van der Waals surface area contributed by atoms with E-state index in [1.165, 1.54) is 6.07 Å². The zero-order valence-electron chi connectivity index (χ0n) is 10.9. The Balaban J connectivity index is 2.10. The largest absolute Gasteiger partial charge is 0.489 e. The van der Waals surface area contributed by atoms with Crippen LogP contribution in [0.1, 0.15) is 22.3 Å². The molecule has 96 valence electrons. The maximum Gasteiger partial charge on any atom is 0.126 e. The molecule has 0 unspecified atom stereocenters. The molecule has 2 aromatic rings. The van der Waals surface area contributed by atoms with Gasteiger partial charge < -0.3 is 4.74 Å². The first-order valence-electron chi connectivity index (χ1n) is 5.99. The van der Waals surface area contributed by atoms with E-state index in [9.17, 15) is 4.39 Å². The molecule has 0 N–H and O–H groups in total. The zero-order valence-corrected chi connectivity index (χ0v) is 10.9. The number of rotatable bonds is 3. The number of hydrogen-bond acceptors (Lipinski definition) is 2. The van der Waals surface area contributed by atoms with Crippen molar-refractivity contribution < 1.29 is 9.13 Å². The van der Waals surface area contributed by atoms with Crippen molar-refractivity contribution >= 4 is 0 Å². The third-order valence-corrected chi connectivity index (χ3v) is 3.00. The number of ether oxygens (including phenoxy) is 1. The van der Waals surface area contributed by atoms with E-state index in [1.54, 1.807) is 25.1 Å². The van der Waals surface area contributed by atoms with E-state index in [4.69, 9.17) is 10.00 Å². The van der Waals surface area contributed by atoms with Crippen molar-refractivity contribution in [2.45, 2.75) is 20.5 Å². The number of nitrogens with zero attached hydrogens (tertiary/aromatic N) is 1.